The van der Waals surface area contributed by atoms with Crippen LogP contribution in [-0.4, -0.2) is 61.5 Å². The second kappa shape index (κ2) is 19.2. The number of fused-ring (bicyclic) bond motifs is 4. The molecule has 9 rings (SSSR count). The maximum atomic E-state index is 13.3. The fourth-order valence-electron chi connectivity index (χ4n) is 9.67. The number of carbonyl (C=O) groups excluding carboxylic acids is 2. The first-order chi connectivity index (χ1) is 31.0. The number of nitrogens with zero attached hydrogens (tertiary/aromatic N) is 3. The van der Waals surface area contributed by atoms with Gasteiger partial charge in [0, 0.05) is 78.6 Å². The minimum Gasteiger partial charge on any atom is -1.00 e. The lowest BCUT2D eigenvalue weighted by Gasteiger charge is -2.38. The van der Waals surface area contributed by atoms with E-state index in [2.05, 4.69) is 125 Å². The van der Waals surface area contributed by atoms with Gasteiger partial charge in [-0.05, 0) is 136 Å². The number of aliphatic imine (C=N–C) groups is 2. The van der Waals surface area contributed by atoms with Crippen LogP contribution >= 0.6 is 0 Å². The molecule has 3 atom stereocenters. The number of nitrogen functional groups attached to an aromatic ring is 1. The molecule has 5 aliphatic rings. The summed E-state index contributed by atoms with van der Waals surface area (Å²) in [6.07, 6.45) is 11.4. The number of rotatable bonds is 12. The Labute approximate surface area is 388 Å². The van der Waals surface area contributed by atoms with Crippen LogP contribution in [0.3, 0.4) is 0 Å². The zero-order chi connectivity index (χ0) is 44.5. The SMILES string of the molecule is CC1=CC2=Nc3cc(NCCNC(=O)C4CCC(C(=O)NCCNC5=CC6C(=Nc7cc(C)c(N)cc7[NH+]6c6ccccc6)C=C5C)CC4)c(C)cc3N(c3ccccc3)C2C=C1N.[Cl-]. The summed E-state index contributed by atoms with van der Waals surface area (Å²) < 4.78 is 0. The van der Waals surface area contributed by atoms with Gasteiger partial charge in [0.05, 0.1) is 23.1 Å². The van der Waals surface area contributed by atoms with E-state index in [4.69, 9.17) is 21.5 Å². The maximum Gasteiger partial charge on any atom is 0.223 e. The highest BCUT2D eigenvalue weighted by Crippen LogP contribution is 2.44. The molecule has 9 N–H and O–H groups in total. The molecule has 4 aromatic rings. The Kier molecular flexibility index (Phi) is 13.3. The Morgan fingerprint density at radius 2 is 1.31 bits per heavy atom. The molecule has 0 spiro atoms. The first-order valence-corrected chi connectivity index (χ1v) is 22.6. The summed E-state index contributed by atoms with van der Waals surface area (Å²) in [4.78, 5) is 40.2. The molecule has 1 saturated carbocycles. The predicted octanol–water partition coefficient (Wildman–Crippen LogP) is 4.17. The molecule has 3 unspecified atom stereocenters. The van der Waals surface area contributed by atoms with Crippen LogP contribution in [-0.2, 0) is 9.59 Å². The van der Waals surface area contributed by atoms with Crippen molar-refractivity contribution in [1.29, 1.82) is 0 Å². The van der Waals surface area contributed by atoms with Crippen LogP contribution in [0.2, 0.25) is 0 Å². The first kappa shape index (κ1) is 45.0. The Balaban J connectivity index is 0.00000576. The Bertz CT molecular complexity index is 2660. The van der Waals surface area contributed by atoms with Crippen molar-refractivity contribution in [2.75, 3.05) is 42.1 Å². The topological polar surface area (TPSA) is 167 Å². The average molecular weight is 892 g/mol. The lowest BCUT2D eigenvalue weighted by molar-refractivity contribution is -0.770. The zero-order valence-corrected chi connectivity index (χ0v) is 38.3. The van der Waals surface area contributed by atoms with Crippen molar-refractivity contribution in [2.45, 2.75) is 65.5 Å². The number of hydrogen-bond acceptors (Lipinski definition) is 9. The molecule has 2 aliphatic heterocycles. The number of para-hydroxylation sites is 2. The molecule has 0 saturated heterocycles. The van der Waals surface area contributed by atoms with E-state index in [9.17, 15) is 9.59 Å². The number of quaternary nitrogens is 1. The van der Waals surface area contributed by atoms with Gasteiger partial charge in [-0.3, -0.25) is 14.5 Å². The van der Waals surface area contributed by atoms with Crippen LogP contribution in [0.4, 0.5) is 45.5 Å². The third kappa shape index (κ3) is 9.32. The molecule has 65 heavy (non-hydrogen) atoms. The van der Waals surface area contributed by atoms with Gasteiger partial charge in [0.25, 0.3) is 0 Å². The summed E-state index contributed by atoms with van der Waals surface area (Å²) in [5.74, 6) is -0.0691. The fourth-order valence-corrected chi connectivity index (χ4v) is 9.67. The fraction of sp³-hybridized carbons (Fsp3) is 0.308. The van der Waals surface area contributed by atoms with Gasteiger partial charge in [0.2, 0.25) is 11.8 Å². The van der Waals surface area contributed by atoms with E-state index in [1.165, 1.54) is 4.90 Å². The van der Waals surface area contributed by atoms with Gasteiger partial charge in [0.15, 0.2) is 11.7 Å². The summed E-state index contributed by atoms with van der Waals surface area (Å²) >= 11 is 0. The summed E-state index contributed by atoms with van der Waals surface area (Å²) in [5.41, 5.74) is 28.6. The third-order valence-electron chi connectivity index (χ3n) is 13.3. The molecule has 12 nitrogen and oxygen atoms in total. The lowest BCUT2D eigenvalue weighted by atomic mass is 9.81. The third-order valence-corrected chi connectivity index (χ3v) is 13.3. The van der Waals surface area contributed by atoms with Gasteiger partial charge in [-0.2, -0.15) is 0 Å². The van der Waals surface area contributed by atoms with Crippen molar-refractivity contribution in [2.24, 2.45) is 27.6 Å². The summed E-state index contributed by atoms with van der Waals surface area (Å²) in [6.45, 7) is 10.4. The summed E-state index contributed by atoms with van der Waals surface area (Å²) in [6, 6.07) is 29.1. The molecular weight excluding hydrogens is 832 g/mol. The lowest BCUT2D eigenvalue weighted by Crippen LogP contribution is -3.08. The predicted molar refractivity (Wildman–Crippen MR) is 260 cm³/mol. The van der Waals surface area contributed by atoms with Gasteiger partial charge < -0.3 is 50.0 Å². The number of anilines is 4. The highest BCUT2D eigenvalue weighted by molar-refractivity contribution is 6.11. The van der Waals surface area contributed by atoms with Gasteiger partial charge in [-0.1, -0.05) is 36.4 Å². The molecule has 3 aliphatic carbocycles. The molecule has 2 heterocycles. The number of carbonyl (C=O) groups is 2. The van der Waals surface area contributed by atoms with Gasteiger partial charge >= 0.3 is 0 Å². The minimum atomic E-state index is -0.0924. The van der Waals surface area contributed by atoms with Gasteiger partial charge in [0.1, 0.15) is 17.1 Å². The van der Waals surface area contributed by atoms with Crippen LogP contribution in [0, 0.1) is 25.7 Å². The number of aryl methyl sites for hydroxylation is 2. The van der Waals surface area contributed by atoms with Gasteiger partial charge in [-0.25, -0.2) is 9.98 Å². The number of nitrogens with two attached hydrogens (primary N) is 2. The number of hydrogen-bond donors (Lipinski definition) is 7. The Morgan fingerprint density at radius 1 is 0.692 bits per heavy atom. The minimum absolute atomic E-state index is 0. The number of allylic oxidation sites excluding steroid dienone is 2. The van der Waals surface area contributed by atoms with Crippen LogP contribution in [0.15, 0.2) is 142 Å². The van der Waals surface area contributed by atoms with Crippen molar-refractivity contribution < 1.29 is 26.9 Å². The van der Waals surface area contributed by atoms with Crippen molar-refractivity contribution in [1.82, 2.24) is 16.0 Å². The zero-order valence-electron chi connectivity index (χ0n) is 37.5. The largest absolute Gasteiger partial charge is 1.00 e. The Hall–Kier alpha value is -6.63. The van der Waals surface area contributed by atoms with E-state index in [1.54, 1.807) is 0 Å². The Morgan fingerprint density at radius 3 is 1.98 bits per heavy atom. The molecule has 0 bridgehead atoms. The van der Waals surface area contributed by atoms with E-state index in [-0.39, 0.29) is 48.1 Å². The second-order valence-corrected chi connectivity index (χ2v) is 17.7. The van der Waals surface area contributed by atoms with Crippen LogP contribution in [0.25, 0.3) is 0 Å². The summed E-state index contributed by atoms with van der Waals surface area (Å²) in [7, 11) is 0. The van der Waals surface area contributed by atoms with E-state index in [0.717, 1.165) is 90.6 Å². The molecule has 0 aromatic heterocycles. The quantitative estimate of drug-likeness (QED) is 0.0829. The smallest absolute Gasteiger partial charge is 0.223 e. The van der Waals surface area contributed by atoms with Gasteiger partial charge in [-0.15, -0.1) is 0 Å². The van der Waals surface area contributed by atoms with Crippen LogP contribution in [0.5, 0.6) is 0 Å². The second-order valence-electron chi connectivity index (χ2n) is 17.7. The average Bonchev–Trinajstić information content (AvgIpc) is 3.29. The molecule has 0 radical (unpaired) electrons. The normalized spacial score (nSPS) is 21.7. The van der Waals surface area contributed by atoms with Crippen molar-refractivity contribution in [3.05, 3.63) is 143 Å². The molecule has 336 valence electrons. The molecular formula is C52H59ClN10O2. The number of benzene rings is 4. The van der Waals surface area contributed by atoms with E-state index in [1.807, 2.05) is 38.1 Å². The standard InChI is InChI=1S/C52H58N10O2.ClH/c1-31-23-43-49(28-40(31)54)62(38-13-9-6-10-14-38)50-30-42(33(3)25-45(50)59-43)56-20-22-58-52(64)36-17-15-35(16-18-36)51(63)57-21-19-55-41-29-46-47(26-34(41)4)61(37-11-7-5-8-12-37)48-27-39(53)32(2)24-44(48)60-46;/h5-14,23-30,35-36,48,50,55-56H,15-22,53-54H2,1-4H3,(H,57,63)(H,58,64);1H. The van der Waals surface area contributed by atoms with Crippen molar-refractivity contribution >= 4 is 68.7 Å². The van der Waals surface area contributed by atoms with E-state index in [0.29, 0.717) is 51.9 Å². The van der Waals surface area contributed by atoms with Crippen LogP contribution < -0.4 is 54.9 Å². The number of halogens is 1. The van der Waals surface area contributed by atoms with E-state index >= 15 is 0 Å². The van der Waals surface area contributed by atoms with E-state index < -0.39 is 0 Å². The number of nitrogens with one attached hydrogen (secondary N) is 5. The first-order valence-electron chi connectivity index (χ1n) is 22.6. The van der Waals surface area contributed by atoms with Crippen LogP contribution in [0.1, 0.15) is 50.7 Å². The maximum absolute atomic E-state index is 13.3. The highest BCUT2D eigenvalue weighted by atomic mass is 35.5. The monoisotopic (exact) mass is 890 g/mol. The summed E-state index contributed by atoms with van der Waals surface area (Å²) in [5, 5.41) is 13.4. The molecule has 2 amide bonds. The number of amides is 2. The van der Waals surface area contributed by atoms with Crippen molar-refractivity contribution in [3.63, 3.8) is 0 Å². The van der Waals surface area contributed by atoms with Crippen molar-refractivity contribution in [3.8, 4) is 0 Å². The highest BCUT2D eigenvalue weighted by Gasteiger charge is 2.38. The molecule has 1 fully saturated rings. The molecule has 4 aromatic carbocycles. The molecule has 13 heteroatoms.